The predicted octanol–water partition coefficient (Wildman–Crippen LogP) is 3.35. The molecule has 0 fully saturated rings. The summed E-state index contributed by atoms with van der Waals surface area (Å²) in [5.41, 5.74) is 1.12. The fourth-order valence-electron chi connectivity index (χ4n) is 2.75. The number of hydroxylamine groups is 2. The van der Waals surface area contributed by atoms with E-state index in [1.807, 2.05) is 54.6 Å². The first-order chi connectivity index (χ1) is 14.8. The molecule has 7 heteroatoms. The zero-order chi connectivity index (χ0) is 21.3. The van der Waals surface area contributed by atoms with Crippen LogP contribution in [0.1, 0.15) is 31.2 Å². The van der Waals surface area contributed by atoms with E-state index in [0.29, 0.717) is 19.8 Å². The number of benzene rings is 2. The molecule has 2 N–H and O–H groups in total. The van der Waals surface area contributed by atoms with Gasteiger partial charge in [-0.2, -0.15) is 0 Å². The van der Waals surface area contributed by atoms with Gasteiger partial charge in [-0.15, -0.1) is 0 Å². The normalized spacial score (nSPS) is 11.0. The fourth-order valence-corrected chi connectivity index (χ4v) is 2.75. The number of unbranched alkanes of at least 4 members (excludes halogenated alkanes) is 3. The Morgan fingerprint density at radius 2 is 1.23 bits per heavy atom. The van der Waals surface area contributed by atoms with Crippen LogP contribution < -0.4 is 9.47 Å². The van der Waals surface area contributed by atoms with Crippen LogP contribution in [0.3, 0.4) is 0 Å². The van der Waals surface area contributed by atoms with Gasteiger partial charge in [-0.25, -0.2) is 0 Å². The third kappa shape index (κ3) is 10.0. The number of rotatable bonds is 17. The second kappa shape index (κ2) is 15.6. The van der Waals surface area contributed by atoms with Crippen molar-refractivity contribution >= 4 is 0 Å². The maximum atomic E-state index is 8.83. The highest BCUT2D eigenvalue weighted by Crippen LogP contribution is 2.27. The minimum absolute atomic E-state index is 0.0765. The molecule has 7 nitrogen and oxygen atoms in total. The smallest absolute Gasteiger partial charge is 0.161 e. The van der Waals surface area contributed by atoms with Crippen LogP contribution in [0, 0.1) is 0 Å². The molecule has 0 radical (unpaired) electrons. The van der Waals surface area contributed by atoms with Crippen molar-refractivity contribution in [3.63, 3.8) is 0 Å². The maximum absolute atomic E-state index is 8.83. The number of aliphatic hydroxyl groups excluding tert-OH is 2. The van der Waals surface area contributed by atoms with E-state index in [9.17, 15) is 0 Å². The topological polar surface area (TPSA) is 80.6 Å². The van der Waals surface area contributed by atoms with Crippen molar-refractivity contribution in [1.82, 2.24) is 5.23 Å². The lowest BCUT2D eigenvalue weighted by Gasteiger charge is -2.20. The summed E-state index contributed by atoms with van der Waals surface area (Å²) in [5.74, 6) is 1.51. The Bertz CT molecular complexity index is 662. The van der Waals surface area contributed by atoms with E-state index in [4.69, 9.17) is 29.4 Å². The molecule has 0 amide bonds. The summed E-state index contributed by atoms with van der Waals surface area (Å²) in [4.78, 5) is 10.5. The van der Waals surface area contributed by atoms with E-state index in [-0.39, 0.29) is 26.4 Å². The first-order valence-corrected chi connectivity index (χ1v) is 10.5. The Hall–Kier alpha value is -2.16. The van der Waals surface area contributed by atoms with Gasteiger partial charge >= 0.3 is 0 Å². The second-order valence-electron chi connectivity index (χ2n) is 6.65. The molecule has 0 spiro atoms. The van der Waals surface area contributed by atoms with E-state index in [2.05, 4.69) is 0 Å². The molecule has 0 aliphatic rings. The quantitative estimate of drug-likeness (QED) is 0.301. The van der Waals surface area contributed by atoms with Crippen LogP contribution in [0.15, 0.2) is 54.6 Å². The summed E-state index contributed by atoms with van der Waals surface area (Å²) < 4.78 is 11.8. The second-order valence-corrected chi connectivity index (χ2v) is 6.65. The number of nitrogens with zero attached hydrogens (tertiary/aromatic N) is 1. The number of ether oxygens (including phenoxy) is 2. The van der Waals surface area contributed by atoms with Gasteiger partial charge in [0.25, 0.3) is 0 Å². The van der Waals surface area contributed by atoms with Crippen molar-refractivity contribution in [3.8, 4) is 11.5 Å². The van der Waals surface area contributed by atoms with Gasteiger partial charge in [0.05, 0.1) is 39.6 Å². The highest BCUT2D eigenvalue weighted by molar-refractivity contribution is 5.39. The molecule has 0 saturated heterocycles. The Labute approximate surface area is 178 Å². The van der Waals surface area contributed by atoms with Crippen LogP contribution in [0.2, 0.25) is 0 Å². The summed E-state index contributed by atoms with van der Waals surface area (Å²) in [6, 6.07) is 17.8. The van der Waals surface area contributed by atoms with Crippen molar-refractivity contribution in [2.24, 2.45) is 0 Å². The standard InChI is InChI=1S/C23H33NO6/c25-15-18-29-24(30-19-16-26)14-8-1-2-9-17-27-22-12-6-7-13-23(22)28-20-21-10-4-3-5-11-21/h3-7,10-13,25-26H,1-2,8-9,14-20H2. The van der Waals surface area contributed by atoms with Gasteiger partial charge in [0, 0.05) is 0 Å². The lowest BCUT2D eigenvalue weighted by Crippen LogP contribution is -2.28. The monoisotopic (exact) mass is 419 g/mol. The molecular formula is C23H33NO6. The minimum atomic E-state index is -0.0765. The summed E-state index contributed by atoms with van der Waals surface area (Å²) in [5, 5.41) is 19.0. The van der Waals surface area contributed by atoms with Crippen LogP contribution in [-0.4, -0.2) is 55.0 Å². The number of hydrogen-bond acceptors (Lipinski definition) is 7. The summed E-state index contributed by atoms with van der Waals surface area (Å²) >= 11 is 0. The van der Waals surface area contributed by atoms with E-state index in [0.717, 1.165) is 42.7 Å². The number of aliphatic hydroxyl groups is 2. The zero-order valence-corrected chi connectivity index (χ0v) is 17.4. The number of para-hydroxylation sites is 2. The SMILES string of the molecule is OCCON(CCCCCCOc1ccccc1OCc1ccccc1)OCCO. The van der Waals surface area contributed by atoms with Crippen molar-refractivity contribution in [1.29, 1.82) is 0 Å². The van der Waals surface area contributed by atoms with E-state index < -0.39 is 0 Å². The van der Waals surface area contributed by atoms with Gasteiger partial charge in [-0.3, -0.25) is 9.68 Å². The van der Waals surface area contributed by atoms with Crippen LogP contribution in [0.5, 0.6) is 11.5 Å². The lowest BCUT2D eigenvalue weighted by atomic mass is 10.2. The minimum Gasteiger partial charge on any atom is -0.490 e. The van der Waals surface area contributed by atoms with Gasteiger partial charge in [0.2, 0.25) is 0 Å². The molecule has 0 unspecified atom stereocenters. The van der Waals surface area contributed by atoms with Gasteiger partial charge in [-0.05, 0) is 30.5 Å². The highest BCUT2D eigenvalue weighted by Gasteiger charge is 2.07. The fraction of sp³-hybridized carbons (Fsp3) is 0.478. The lowest BCUT2D eigenvalue weighted by molar-refractivity contribution is -0.371. The molecule has 166 valence electrons. The summed E-state index contributed by atoms with van der Waals surface area (Å²) in [6.07, 6.45) is 3.83. The third-order valence-corrected chi connectivity index (χ3v) is 4.23. The van der Waals surface area contributed by atoms with Crippen molar-refractivity contribution in [3.05, 3.63) is 60.2 Å². The predicted molar refractivity (Wildman–Crippen MR) is 114 cm³/mol. The average molecular weight is 420 g/mol. The molecule has 0 heterocycles. The molecule has 0 aromatic heterocycles. The highest BCUT2D eigenvalue weighted by atomic mass is 16.9. The van der Waals surface area contributed by atoms with Gasteiger partial charge in [-0.1, -0.05) is 60.5 Å². The van der Waals surface area contributed by atoms with Crippen LogP contribution in [-0.2, 0) is 16.3 Å². The molecule has 2 aromatic carbocycles. The molecule has 2 rings (SSSR count). The molecular weight excluding hydrogens is 386 g/mol. The first kappa shape index (κ1) is 24.1. The first-order valence-electron chi connectivity index (χ1n) is 10.5. The van der Waals surface area contributed by atoms with Gasteiger partial charge < -0.3 is 19.7 Å². The summed E-state index contributed by atoms with van der Waals surface area (Å²) in [6.45, 7) is 1.90. The molecule has 0 saturated carbocycles. The van der Waals surface area contributed by atoms with Crippen LogP contribution >= 0.6 is 0 Å². The van der Waals surface area contributed by atoms with Crippen LogP contribution in [0.25, 0.3) is 0 Å². The van der Waals surface area contributed by atoms with Gasteiger partial charge in [0.1, 0.15) is 6.61 Å². The van der Waals surface area contributed by atoms with Crippen molar-refractivity contribution in [2.75, 3.05) is 39.6 Å². The Kier molecular flexibility index (Phi) is 12.6. The average Bonchev–Trinajstić information content (AvgIpc) is 2.79. The molecule has 0 atom stereocenters. The maximum Gasteiger partial charge on any atom is 0.161 e. The van der Waals surface area contributed by atoms with E-state index in [1.54, 1.807) is 0 Å². The van der Waals surface area contributed by atoms with Crippen molar-refractivity contribution in [2.45, 2.75) is 32.3 Å². The molecule has 2 aromatic rings. The van der Waals surface area contributed by atoms with E-state index >= 15 is 0 Å². The third-order valence-electron chi connectivity index (χ3n) is 4.23. The van der Waals surface area contributed by atoms with Gasteiger partial charge in [0.15, 0.2) is 11.5 Å². The van der Waals surface area contributed by atoms with Crippen LogP contribution in [0.4, 0.5) is 0 Å². The summed E-state index contributed by atoms with van der Waals surface area (Å²) in [7, 11) is 0. The Balaban J connectivity index is 1.62. The molecule has 0 aliphatic carbocycles. The number of hydrogen-bond donors (Lipinski definition) is 2. The largest absolute Gasteiger partial charge is 0.490 e. The van der Waals surface area contributed by atoms with E-state index in [1.165, 1.54) is 5.23 Å². The van der Waals surface area contributed by atoms with Crippen molar-refractivity contribution < 1.29 is 29.4 Å². The molecule has 30 heavy (non-hydrogen) atoms. The zero-order valence-electron chi connectivity index (χ0n) is 17.4. The molecule has 0 bridgehead atoms. The Morgan fingerprint density at radius 1 is 0.633 bits per heavy atom. The molecule has 0 aliphatic heterocycles. The Morgan fingerprint density at radius 3 is 1.90 bits per heavy atom.